The zero-order chi connectivity index (χ0) is 17.9. The summed E-state index contributed by atoms with van der Waals surface area (Å²) in [6, 6.07) is 13.3. The van der Waals surface area contributed by atoms with Crippen molar-refractivity contribution in [2.75, 3.05) is 19.7 Å². The van der Waals surface area contributed by atoms with Crippen LogP contribution >= 0.6 is 23.2 Å². The fourth-order valence-corrected chi connectivity index (χ4v) is 3.31. The maximum atomic E-state index is 6.13. The maximum absolute atomic E-state index is 6.13. The minimum absolute atomic E-state index is 0.0447. The van der Waals surface area contributed by atoms with Gasteiger partial charge >= 0.3 is 0 Å². The van der Waals surface area contributed by atoms with Gasteiger partial charge in [0.25, 0.3) is 0 Å². The number of hydrogen-bond acceptors (Lipinski definition) is 5. The fraction of sp³-hybridized carbons (Fsp3) is 0.263. The van der Waals surface area contributed by atoms with Crippen LogP contribution in [-0.2, 0) is 11.3 Å². The van der Waals surface area contributed by atoms with E-state index in [-0.39, 0.29) is 6.10 Å². The Kier molecular flexibility index (Phi) is 5.22. The third-order valence-electron chi connectivity index (χ3n) is 4.33. The number of halogens is 2. The molecule has 134 valence electrons. The summed E-state index contributed by atoms with van der Waals surface area (Å²) in [7, 11) is 0. The number of nitrogens with zero attached hydrogens (tertiary/aromatic N) is 3. The molecule has 1 atom stereocenters. The summed E-state index contributed by atoms with van der Waals surface area (Å²) >= 11 is 12.1. The molecule has 0 bridgehead atoms. The van der Waals surface area contributed by atoms with Gasteiger partial charge in [0.05, 0.1) is 35.0 Å². The van der Waals surface area contributed by atoms with E-state index in [1.807, 2.05) is 36.4 Å². The highest BCUT2D eigenvalue weighted by Crippen LogP contribution is 2.29. The zero-order valence-electron chi connectivity index (χ0n) is 13.9. The quantitative estimate of drug-likeness (QED) is 0.651. The van der Waals surface area contributed by atoms with Crippen LogP contribution in [0, 0.1) is 0 Å². The molecule has 7 heteroatoms. The lowest BCUT2D eigenvalue weighted by Gasteiger charge is -2.32. The highest BCUT2D eigenvalue weighted by molar-refractivity contribution is 6.42. The molecule has 26 heavy (non-hydrogen) atoms. The van der Waals surface area contributed by atoms with Crippen molar-refractivity contribution in [3.63, 3.8) is 0 Å². The lowest BCUT2D eigenvalue weighted by atomic mass is 10.1. The van der Waals surface area contributed by atoms with E-state index in [9.17, 15) is 0 Å². The Hall–Kier alpha value is -1.92. The molecule has 0 saturated carbocycles. The van der Waals surface area contributed by atoms with E-state index in [1.54, 1.807) is 12.3 Å². The first kappa shape index (κ1) is 17.5. The molecule has 1 aliphatic heterocycles. The Morgan fingerprint density at radius 3 is 2.81 bits per heavy atom. The summed E-state index contributed by atoms with van der Waals surface area (Å²) in [6.07, 6.45) is 1.70. The van der Waals surface area contributed by atoms with Crippen molar-refractivity contribution < 1.29 is 9.26 Å². The molecular weight excluding hydrogens is 373 g/mol. The predicted octanol–water partition coefficient (Wildman–Crippen LogP) is 4.62. The van der Waals surface area contributed by atoms with E-state index in [4.69, 9.17) is 32.5 Å². The van der Waals surface area contributed by atoms with Crippen LogP contribution in [0.25, 0.3) is 11.4 Å². The van der Waals surface area contributed by atoms with Crippen LogP contribution in [0.15, 0.2) is 53.2 Å². The van der Waals surface area contributed by atoms with Crippen LogP contribution < -0.4 is 0 Å². The van der Waals surface area contributed by atoms with E-state index in [0.29, 0.717) is 23.2 Å². The summed E-state index contributed by atoms with van der Waals surface area (Å²) < 4.78 is 11.4. The van der Waals surface area contributed by atoms with Crippen molar-refractivity contribution in [1.29, 1.82) is 0 Å². The number of benzene rings is 1. The van der Waals surface area contributed by atoms with Gasteiger partial charge in [-0.1, -0.05) is 40.5 Å². The minimum Gasteiger partial charge on any atom is -0.371 e. The highest BCUT2D eigenvalue weighted by atomic mass is 35.5. The Bertz CT molecular complexity index is 886. The third-order valence-corrected chi connectivity index (χ3v) is 5.07. The number of pyridine rings is 1. The van der Waals surface area contributed by atoms with Crippen LogP contribution in [0.4, 0.5) is 0 Å². The topological polar surface area (TPSA) is 51.4 Å². The van der Waals surface area contributed by atoms with Gasteiger partial charge in [-0.25, -0.2) is 0 Å². The molecule has 0 amide bonds. The molecule has 0 unspecified atom stereocenters. The van der Waals surface area contributed by atoms with Crippen molar-refractivity contribution in [2.24, 2.45) is 0 Å². The van der Waals surface area contributed by atoms with E-state index in [0.717, 1.165) is 35.8 Å². The first-order valence-electron chi connectivity index (χ1n) is 8.35. The number of aromatic nitrogens is 2. The predicted molar refractivity (Wildman–Crippen MR) is 100 cm³/mol. The first-order valence-corrected chi connectivity index (χ1v) is 9.10. The summed E-state index contributed by atoms with van der Waals surface area (Å²) in [4.78, 5) is 6.57. The summed E-state index contributed by atoms with van der Waals surface area (Å²) in [6.45, 7) is 2.89. The maximum Gasteiger partial charge on any atom is 0.151 e. The van der Waals surface area contributed by atoms with Crippen LogP contribution in [-0.4, -0.2) is 34.7 Å². The number of hydrogen-bond donors (Lipinski definition) is 0. The average Bonchev–Trinajstić information content (AvgIpc) is 3.13. The molecule has 0 aliphatic carbocycles. The molecule has 2 aromatic heterocycles. The van der Waals surface area contributed by atoms with Gasteiger partial charge in [-0.05, 0) is 29.8 Å². The van der Waals surface area contributed by atoms with Gasteiger partial charge in [0.1, 0.15) is 5.69 Å². The second-order valence-electron chi connectivity index (χ2n) is 6.16. The van der Waals surface area contributed by atoms with Gasteiger partial charge in [0, 0.05) is 25.4 Å². The molecule has 3 aromatic rings. The molecule has 1 aliphatic rings. The Balaban J connectivity index is 1.44. The van der Waals surface area contributed by atoms with Gasteiger partial charge in [-0.2, -0.15) is 0 Å². The Morgan fingerprint density at radius 1 is 1.08 bits per heavy atom. The monoisotopic (exact) mass is 389 g/mol. The van der Waals surface area contributed by atoms with Gasteiger partial charge in [0.15, 0.2) is 5.76 Å². The molecule has 4 rings (SSSR count). The highest BCUT2D eigenvalue weighted by Gasteiger charge is 2.23. The van der Waals surface area contributed by atoms with Crippen molar-refractivity contribution in [2.45, 2.75) is 12.6 Å². The summed E-state index contributed by atoms with van der Waals surface area (Å²) in [5.74, 6) is 0.806. The van der Waals surface area contributed by atoms with E-state index in [2.05, 4.69) is 15.0 Å². The Morgan fingerprint density at radius 2 is 2.00 bits per heavy atom. The zero-order valence-corrected chi connectivity index (χ0v) is 15.5. The molecule has 0 radical (unpaired) electrons. The van der Waals surface area contributed by atoms with Gasteiger partial charge < -0.3 is 9.26 Å². The average molecular weight is 390 g/mol. The van der Waals surface area contributed by atoms with Crippen molar-refractivity contribution in [1.82, 2.24) is 15.0 Å². The van der Waals surface area contributed by atoms with Crippen LogP contribution in [0.1, 0.15) is 17.4 Å². The lowest BCUT2D eigenvalue weighted by Crippen LogP contribution is -2.37. The van der Waals surface area contributed by atoms with Gasteiger partial charge in [-0.3, -0.25) is 9.88 Å². The van der Waals surface area contributed by atoms with Crippen molar-refractivity contribution in [3.05, 3.63) is 70.0 Å². The SMILES string of the molecule is Clc1ccc([C@H]2CN(Cc3cc(-c4ccccn4)no3)CCO2)cc1Cl. The van der Waals surface area contributed by atoms with Gasteiger partial charge in [-0.15, -0.1) is 0 Å². The fourth-order valence-electron chi connectivity index (χ4n) is 3.00. The number of morpholine rings is 1. The summed E-state index contributed by atoms with van der Waals surface area (Å²) in [5, 5.41) is 5.21. The smallest absolute Gasteiger partial charge is 0.151 e. The second-order valence-corrected chi connectivity index (χ2v) is 6.98. The van der Waals surface area contributed by atoms with Crippen LogP contribution in [0.3, 0.4) is 0 Å². The largest absolute Gasteiger partial charge is 0.371 e. The molecule has 1 fully saturated rings. The first-order chi connectivity index (χ1) is 12.7. The van der Waals surface area contributed by atoms with Gasteiger partial charge in [0.2, 0.25) is 0 Å². The second kappa shape index (κ2) is 7.76. The number of rotatable bonds is 4. The van der Waals surface area contributed by atoms with E-state index < -0.39 is 0 Å². The molecule has 1 saturated heterocycles. The molecule has 5 nitrogen and oxygen atoms in total. The molecule has 0 spiro atoms. The molecule has 3 heterocycles. The van der Waals surface area contributed by atoms with E-state index >= 15 is 0 Å². The third kappa shape index (κ3) is 3.91. The normalized spacial score (nSPS) is 18.2. The lowest BCUT2D eigenvalue weighted by molar-refractivity contribution is -0.0351. The molecular formula is C19H17Cl2N3O2. The Labute approximate surface area is 161 Å². The summed E-state index contributed by atoms with van der Waals surface area (Å²) in [5.41, 5.74) is 2.57. The standard InChI is InChI=1S/C19H17Cl2N3O2/c20-15-5-4-13(9-16(15)21)19-12-24(7-8-25-19)11-14-10-18(23-26-14)17-3-1-2-6-22-17/h1-6,9-10,19H,7-8,11-12H2/t19-/m1/s1. The minimum atomic E-state index is -0.0447. The molecule has 0 N–H and O–H groups in total. The van der Waals surface area contributed by atoms with Crippen LogP contribution in [0.2, 0.25) is 10.0 Å². The van der Waals surface area contributed by atoms with E-state index in [1.165, 1.54) is 0 Å². The number of ether oxygens (including phenoxy) is 1. The van der Waals surface area contributed by atoms with Crippen LogP contribution in [0.5, 0.6) is 0 Å². The van der Waals surface area contributed by atoms with Crippen molar-refractivity contribution >= 4 is 23.2 Å². The molecule has 1 aromatic carbocycles. The van der Waals surface area contributed by atoms with Crippen molar-refractivity contribution in [3.8, 4) is 11.4 Å².